The molecule has 32 heavy (non-hydrogen) atoms. The molecule has 0 heterocycles. The van der Waals surface area contributed by atoms with E-state index in [2.05, 4.69) is 10.0 Å². The molecule has 3 aromatic rings. The minimum atomic E-state index is -4.52. The van der Waals surface area contributed by atoms with Gasteiger partial charge in [-0.05, 0) is 48.0 Å². The maximum atomic E-state index is 12.7. The number of sulfonamides is 1. The number of carbonyl (C=O) groups excluding carboxylic acids is 1. The smallest absolute Gasteiger partial charge is 0.416 e. The number of benzene rings is 3. The highest BCUT2D eigenvalue weighted by molar-refractivity contribution is 7.89. The summed E-state index contributed by atoms with van der Waals surface area (Å²) >= 11 is 0. The molecular weight excluding hydrogens is 445 g/mol. The fraction of sp³-hybridized carbons (Fsp3) is 0.136. The van der Waals surface area contributed by atoms with Gasteiger partial charge in [0.15, 0.2) is 6.61 Å². The topological polar surface area (TPSA) is 84.5 Å². The van der Waals surface area contributed by atoms with Crippen molar-refractivity contribution in [2.75, 3.05) is 11.9 Å². The lowest BCUT2D eigenvalue weighted by Gasteiger charge is -2.11. The number of ether oxygens (including phenoxy) is 1. The monoisotopic (exact) mass is 464 g/mol. The van der Waals surface area contributed by atoms with Gasteiger partial charge < -0.3 is 10.1 Å². The van der Waals surface area contributed by atoms with Gasteiger partial charge in [-0.2, -0.15) is 13.2 Å². The van der Waals surface area contributed by atoms with E-state index in [4.69, 9.17) is 4.74 Å². The van der Waals surface area contributed by atoms with E-state index in [-0.39, 0.29) is 22.9 Å². The molecule has 0 aliphatic heterocycles. The van der Waals surface area contributed by atoms with E-state index >= 15 is 0 Å². The van der Waals surface area contributed by atoms with Crippen LogP contribution in [0.2, 0.25) is 0 Å². The second-order valence-electron chi connectivity index (χ2n) is 6.70. The quantitative estimate of drug-likeness (QED) is 0.523. The fourth-order valence-corrected chi connectivity index (χ4v) is 3.71. The summed E-state index contributed by atoms with van der Waals surface area (Å²) in [5.74, 6) is -0.434. The van der Waals surface area contributed by atoms with Gasteiger partial charge in [-0.1, -0.05) is 36.4 Å². The number of anilines is 1. The van der Waals surface area contributed by atoms with Crippen LogP contribution in [-0.4, -0.2) is 20.9 Å². The number of alkyl halides is 3. The molecule has 168 valence electrons. The standard InChI is InChI=1S/C22H19F3N2O4S/c23-22(24,25)17-7-4-8-18(13-17)27-21(28)15-31-19-9-11-20(12-10-19)32(29,30)26-14-16-5-2-1-3-6-16/h1-13,26H,14-15H2,(H,27,28). The first-order valence-corrected chi connectivity index (χ1v) is 10.9. The largest absolute Gasteiger partial charge is 0.484 e. The fourth-order valence-electron chi connectivity index (χ4n) is 2.69. The van der Waals surface area contributed by atoms with Crippen molar-refractivity contribution in [1.29, 1.82) is 0 Å². The second kappa shape index (κ2) is 9.84. The van der Waals surface area contributed by atoms with Crippen LogP contribution in [0.4, 0.5) is 18.9 Å². The molecule has 10 heteroatoms. The van der Waals surface area contributed by atoms with E-state index < -0.39 is 34.3 Å². The maximum absolute atomic E-state index is 12.7. The molecule has 6 nitrogen and oxygen atoms in total. The molecule has 0 radical (unpaired) electrons. The first-order valence-electron chi connectivity index (χ1n) is 9.37. The Morgan fingerprint density at radius 2 is 1.59 bits per heavy atom. The minimum absolute atomic E-state index is 0.0145. The zero-order chi connectivity index (χ0) is 23.2. The van der Waals surface area contributed by atoms with Crippen LogP contribution in [0.5, 0.6) is 5.75 Å². The third-order valence-corrected chi connectivity index (χ3v) is 5.70. The van der Waals surface area contributed by atoms with E-state index in [0.29, 0.717) is 0 Å². The molecule has 3 rings (SSSR count). The van der Waals surface area contributed by atoms with E-state index in [1.165, 1.54) is 36.4 Å². The third kappa shape index (κ3) is 6.56. The Labute approximate surface area is 183 Å². The van der Waals surface area contributed by atoms with Crippen LogP contribution in [0.3, 0.4) is 0 Å². The van der Waals surface area contributed by atoms with Crippen LogP contribution in [0.25, 0.3) is 0 Å². The number of halogens is 3. The predicted molar refractivity (Wildman–Crippen MR) is 112 cm³/mol. The number of amides is 1. The molecule has 0 aliphatic carbocycles. The Kier molecular flexibility index (Phi) is 7.16. The number of hydrogen-bond donors (Lipinski definition) is 2. The van der Waals surface area contributed by atoms with Gasteiger partial charge in [-0.25, -0.2) is 13.1 Å². The Morgan fingerprint density at radius 3 is 2.25 bits per heavy atom. The molecule has 0 atom stereocenters. The van der Waals surface area contributed by atoms with E-state index in [1.54, 1.807) is 24.3 Å². The molecule has 3 aromatic carbocycles. The molecule has 0 aromatic heterocycles. The molecule has 0 bridgehead atoms. The minimum Gasteiger partial charge on any atom is -0.484 e. The summed E-state index contributed by atoms with van der Waals surface area (Å²) in [6, 6.07) is 18.7. The van der Waals surface area contributed by atoms with Gasteiger partial charge >= 0.3 is 6.18 Å². The maximum Gasteiger partial charge on any atom is 0.416 e. The van der Waals surface area contributed by atoms with Crippen LogP contribution in [0.1, 0.15) is 11.1 Å². The lowest BCUT2D eigenvalue weighted by atomic mass is 10.2. The summed E-state index contributed by atoms with van der Waals surface area (Å²) in [6.45, 7) is -0.328. The van der Waals surface area contributed by atoms with Gasteiger partial charge in [0.05, 0.1) is 10.5 Å². The lowest BCUT2D eigenvalue weighted by molar-refractivity contribution is -0.137. The summed E-state index contributed by atoms with van der Waals surface area (Å²) in [7, 11) is -3.74. The molecule has 0 saturated heterocycles. The van der Waals surface area contributed by atoms with Crippen LogP contribution in [0.15, 0.2) is 83.8 Å². The number of rotatable bonds is 8. The zero-order valence-corrected chi connectivity index (χ0v) is 17.4. The lowest BCUT2D eigenvalue weighted by Crippen LogP contribution is -2.23. The highest BCUT2D eigenvalue weighted by Crippen LogP contribution is 2.30. The van der Waals surface area contributed by atoms with Crippen LogP contribution in [0, 0.1) is 0 Å². The Morgan fingerprint density at radius 1 is 0.906 bits per heavy atom. The summed E-state index contributed by atoms with van der Waals surface area (Å²) in [5.41, 5.74) is -0.0870. The molecule has 0 saturated carbocycles. The second-order valence-corrected chi connectivity index (χ2v) is 8.46. The number of hydrogen-bond acceptors (Lipinski definition) is 4. The average molecular weight is 464 g/mol. The van der Waals surface area contributed by atoms with E-state index in [1.807, 2.05) is 6.07 Å². The molecule has 0 aliphatic rings. The van der Waals surface area contributed by atoms with Crippen LogP contribution >= 0.6 is 0 Å². The van der Waals surface area contributed by atoms with Gasteiger partial charge in [-0.15, -0.1) is 0 Å². The SMILES string of the molecule is O=C(COc1ccc(S(=O)(=O)NCc2ccccc2)cc1)Nc1cccc(C(F)(F)F)c1. The number of carbonyl (C=O) groups is 1. The highest BCUT2D eigenvalue weighted by atomic mass is 32.2. The molecule has 0 unspecified atom stereocenters. The predicted octanol–water partition coefficient (Wildman–Crippen LogP) is 4.20. The van der Waals surface area contributed by atoms with Gasteiger partial charge in [-0.3, -0.25) is 4.79 Å². The Balaban J connectivity index is 1.54. The zero-order valence-electron chi connectivity index (χ0n) is 16.6. The van der Waals surface area contributed by atoms with E-state index in [0.717, 1.165) is 17.7 Å². The van der Waals surface area contributed by atoms with Crippen molar-refractivity contribution in [3.63, 3.8) is 0 Å². The van der Waals surface area contributed by atoms with Crippen molar-refractivity contribution >= 4 is 21.6 Å². The first-order chi connectivity index (χ1) is 15.1. The van der Waals surface area contributed by atoms with E-state index in [9.17, 15) is 26.4 Å². The van der Waals surface area contributed by atoms with Crippen molar-refractivity contribution in [1.82, 2.24) is 4.72 Å². The van der Waals surface area contributed by atoms with Gasteiger partial charge in [0.1, 0.15) is 5.75 Å². The van der Waals surface area contributed by atoms with Crippen LogP contribution in [-0.2, 0) is 27.5 Å². The average Bonchev–Trinajstić information content (AvgIpc) is 2.77. The first kappa shape index (κ1) is 23.3. The van der Waals surface area contributed by atoms with Gasteiger partial charge in [0.2, 0.25) is 10.0 Å². The summed E-state index contributed by atoms with van der Waals surface area (Å²) in [5, 5.41) is 2.32. The van der Waals surface area contributed by atoms with Crippen molar-refractivity contribution in [2.24, 2.45) is 0 Å². The Bertz CT molecular complexity index is 1170. The normalized spacial score (nSPS) is 11.7. The van der Waals surface area contributed by atoms with Crippen LogP contribution < -0.4 is 14.8 Å². The van der Waals surface area contributed by atoms with Crippen molar-refractivity contribution < 1.29 is 31.1 Å². The van der Waals surface area contributed by atoms with Crippen molar-refractivity contribution in [2.45, 2.75) is 17.6 Å². The molecule has 0 spiro atoms. The van der Waals surface area contributed by atoms with Crippen molar-refractivity contribution in [3.8, 4) is 5.75 Å². The molecule has 1 amide bonds. The molecule has 0 fully saturated rings. The number of nitrogens with one attached hydrogen (secondary N) is 2. The summed E-state index contributed by atoms with van der Waals surface area (Å²) < 4.78 is 70.8. The summed E-state index contributed by atoms with van der Waals surface area (Å²) in [4.78, 5) is 12.0. The highest BCUT2D eigenvalue weighted by Gasteiger charge is 2.30. The van der Waals surface area contributed by atoms with Crippen molar-refractivity contribution in [3.05, 3.63) is 90.0 Å². The third-order valence-electron chi connectivity index (χ3n) is 4.29. The summed E-state index contributed by atoms with van der Waals surface area (Å²) in [6.07, 6.45) is -4.52. The van der Waals surface area contributed by atoms with Gasteiger partial charge in [0, 0.05) is 12.2 Å². The Hall–Kier alpha value is -3.37. The molecular formula is C22H19F3N2O4S. The molecule has 2 N–H and O–H groups in total. The van der Waals surface area contributed by atoms with Gasteiger partial charge in [0.25, 0.3) is 5.91 Å².